The highest BCUT2D eigenvalue weighted by Crippen LogP contribution is 2.53. The second kappa shape index (κ2) is 11.6. The molecule has 3 heterocycles. The van der Waals surface area contributed by atoms with Crippen LogP contribution in [0.1, 0.15) is 62.3 Å². The standard InChI is InChI=1S/C26H41N3O10Si2/c1-15(2)40(16(3)4)35-13-19-21(38-41(39-40,17(5)6)18(7)8)25(9,37-23(32)22(31)34-10)26(14-27,36-19)29-12-11-20(30)28-24(29)33/h11-12,15-19,21H,13H2,1-10H3,(H,28,30,33)/t19-,21-,25-,26-/m1/s1. The first kappa shape index (κ1) is 32.9. The molecule has 228 valence electrons. The molecule has 0 spiro atoms. The third-order valence-electron chi connectivity index (χ3n) is 8.17. The van der Waals surface area contributed by atoms with Gasteiger partial charge in [0.15, 0.2) is 5.60 Å². The normalized spacial score (nSPS) is 29.1. The van der Waals surface area contributed by atoms with Gasteiger partial charge in [0, 0.05) is 12.3 Å². The Hall–Kier alpha value is -2.62. The molecule has 3 rings (SSSR count). The molecule has 2 fully saturated rings. The highest BCUT2D eigenvalue weighted by atomic mass is 28.5. The Morgan fingerprint density at radius 2 is 1.61 bits per heavy atom. The number of carbonyl (C=O) groups excluding carboxylic acids is 2. The number of H-pyrrole nitrogens is 1. The number of aromatic amines is 1. The van der Waals surface area contributed by atoms with E-state index in [1.54, 1.807) is 0 Å². The van der Waals surface area contributed by atoms with E-state index in [4.69, 9.17) is 22.4 Å². The molecular weight excluding hydrogens is 570 g/mol. The van der Waals surface area contributed by atoms with Crippen LogP contribution in [0.15, 0.2) is 21.9 Å². The summed E-state index contributed by atoms with van der Waals surface area (Å²) in [5.74, 6) is -2.74. The monoisotopic (exact) mass is 611 g/mol. The van der Waals surface area contributed by atoms with E-state index in [9.17, 15) is 24.4 Å². The van der Waals surface area contributed by atoms with Gasteiger partial charge in [0.05, 0.1) is 13.7 Å². The lowest BCUT2D eigenvalue weighted by Crippen LogP contribution is -2.68. The molecule has 2 aliphatic heterocycles. The Labute approximate surface area is 241 Å². The third-order valence-corrected chi connectivity index (χ3v) is 18.4. The van der Waals surface area contributed by atoms with Crippen molar-refractivity contribution in [2.24, 2.45) is 0 Å². The zero-order chi connectivity index (χ0) is 31.1. The topological polar surface area (TPSA) is 168 Å². The lowest BCUT2D eigenvalue weighted by molar-refractivity contribution is -0.201. The summed E-state index contributed by atoms with van der Waals surface area (Å²) in [5, 5.41) is 10.7. The van der Waals surface area contributed by atoms with E-state index < -0.39 is 63.8 Å². The second-order valence-corrected chi connectivity index (χ2v) is 20.7. The van der Waals surface area contributed by atoms with E-state index in [0.717, 1.165) is 23.9 Å². The van der Waals surface area contributed by atoms with Crippen LogP contribution in [-0.4, -0.2) is 70.1 Å². The van der Waals surface area contributed by atoms with Crippen LogP contribution >= 0.6 is 0 Å². The van der Waals surface area contributed by atoms with Crippen molar-refractivity contribution in [1.29, 1.82) is 5.26 Å². The molecule has 15 heteroatoms. The van der Waals surface area contributed by atoms with Crippen LogP contribution in [-0.2, 0) is 42.5 Å². The molecule has 13 nitrogen and oxygen atoms in total. The van der Waals surface area contributed by atoms with E-state index in [0.29, 0.717) is 0 Å². The molecule has 1 aromatic rings. The number of nitriles is 1. The molecule has 0 bridgehead atoms. The third kappa shape index (κ3) is 5.14. The highest BCUT2D eigenvalue weighted by molar-refractivity contribution is 6.84. The van der Waals surface area contributed by atoms with Crippen molar-refractivity contribution in [1.82, 2.24) is 9.55 Å². The molecule has 2 saturated heterocycles. The van der Waals surface area contributed by atoms with E-state index in [-0.39, 0.29) is 28.8 Å². The predicted octanol–water partition coefficient (Wildman–Crippen LogP) is 2.54. The van der Waals surface area contributed by atoms with E-state index >= 15 is 0 Å². The maximum absolute atomic E-state index is 13.1. The number of esters is 2. The average Bonchev–Trinajstić information content (AvgIpc) is 3.09. The van der Waals surface area contributed by atoms with Crippen LogP contribution in [0, 0.1) is 11.3 Å². The van der Waals surface area contributed by atoms with Gasteiger partial charge in [-0.05, 0) is 29.1 Å². The smallest absolute Gasteiger partial charge is 0.418 e. The zero-order valence-electron chi connectivity index (χ0n) is 25.3. The number of methoxy groups -OCH3 is 1. The fraction of sp³-hybridized carbons (Fsp3) is 0.731. The quantitative estimate of drug-likeness (QED) is 0.285. The van der Waals surface area contributed by atoms with E-state index in [1.807, 2.05) is 61.5 Å². The summed E-state index contributed by atoms with van der Waals surface area (Å²) in [6.45, 7) is 17.4. The molecule has 0 saturated carbocycles. The van der Waals surface area contributed by atoms with Crippen LogP contribution in [0.3, 0.4) is 0 Å². The van der Waals surface area contributed by atoms with Crippen molar-refractivity contribution < 1.29 is 36.8 Å². The summed E-state index contributed by atoms with van der Waals surface area (Å²) in [5.41, 5.74) is -6.44. The fourth-order valence-corrected chi connectivity index (χ4v) is 17.2. The van der Waals surface area contributed by atoms with Crippen LogP contribution in [0.5, 0.6) is 0 Å². The minimum absolute atomic E-state index is 0.0134. The molecule has 41 heavy (non-hydrogen) atoms. The van der Waals surface area contributed by atoms with Crippen molar-refractivity contribution in [2.75, 3.05) is 13.7 Å². The first-order valence-electron chi connectivity index (χ1n) is 13.7. The zero-order valence-corrected chi connectivity index (χ0v) is 27.3. The van der Waals surface area contributed by atoms with Crippen molar-refractivity contribution in [3.05, 3.63) is 33.1 Å². The summed E-state index contributed by atoms with van der Waals surface area (Å²) in [6, 6.07) is 3.03. The molecule has 0 radical (unpaired) electrons. The summed E-state index contributed by atoms with van der Waals surface area (Å²) < 4.78 is 38.4. The van der Waals surface area contributed by atoms with Crippen molar-refractivity contribution in [2.45, 2.75) is 108 Å². The second-order valence-electron chi connectivity index (χ2n) is 11.9. The molecule has 0 aliphatic carbocycles. The number of nitrogens with zero attached hydrogens (tertiary/aromatic N) is 2. The summed E-state index contributed by atoms with van der Waals surface area (Å²) in [4.78, 5) is 52.3. The average molecular weight is 612 g/mol. The molecule has 0 aromatic carbocycles. The Kier molecular flexibility index (Phi) is 9.29. The number of rotatable bonds is 6. The Bertz CT molecular complexity index is 1300. The summed E-state index contributed by atoms with van der Waals surface area (Å²) in [6.07, 6.45) is -1.19. The van der Waals surface area contributed by atoms with Crippen LogP contribution in [0.2, 0.25) is 22.2 Å². The molecule has 4 atom stereocenters. The number of nitrogens with one attached hydrogen (secondary N) is 1. The van der Waals surface area contributed by atoms with Gasteiger partial charge in [0.2, 0.25) is 0 Å². The first-order valence-corrected chi connectivity index (χ1v) is 17.7. The fourth-order valence-electron chi connectivity index (χ4n) is 5.98. The Morgan fingerprint density at radius 1 is 1.05 bits per heavy atom. The number of aromatic nitrogens is 2. The molecule has 0 amide bonds. The SMILES string of the molecule is COC(=O)C(=O)O[C@]1(C)[C@@H]2O[Si](C(C)C)(C(C)C)O[Si](C(C)C)(C(C)C)OC[C@H]2O[C@@]1(C#N)n1ccc(=O)[nH]c1=O. The minimum Gasteiger partial charge on any atom is -0.461 e. The number of hydrogen-bond acceptors (Lipinski definition) is 11. The highest BCUT2D eigenvalue weighted by Gasteiger charge is 2.73. The van der Waals surface area contributed by atoms with Gasteiger partial charge in [-0.15, -0.1) is 0 Å². The lowest BCUT2D eigenvalue weighted by Gasteiger charge is -2.52. The van der Waals surface area contributed by atoms with Gasteiger partial charge in [0.25, 0.3) is 11.3 Å². The molecule has 0 unspecified atom stereocenters. The first-order chi connectivity index (χ1) is 19.0. The molecule has 1 N–H and O–H groups in total. The van der Waals surface area contributed by atoms with Gasteiger partial charge < -0.3 is 27.2 Å². The van der Waals surface area contributed by atoms with Crippen molar-refractivity contribution >= 4 is 29.1 Å². The Balaban J connectivity index is 2.37. The van der Waals surface area contributed by atoms with Gasteiger partial charge in [0.1, 0.15) is 18.3 Å². The number of carbonyl (C=O) groups is 2. The van der Waals surface area contributed by atoms with Gasteiger partial charge in [-0.25, -0.2) is 14.4 Å². The van der Waals surface area contributed by atoms with E-state index in [2.05, 4.69) is 9.72 Å². The van der Waals surface area contributed by atoms with E-state index in [1.165, 1.54) is 6.92 Å². The maximum atomic E-state index is 13.1. The Morgan fingerprint density at radius 3 is 2.07 bits per heavy atom. The summed E-state index contributed by atoms with van der Waals surface area (Å²) in [7, 11) is -5.36. The van der Waals surface area contributed by atoms with Gasteiger partial charge in [-0.1, -0.05) is 55.4 Å². The van der Waals surface area contributed by atoms with Gasteiger partial charge in [-0.2, -0.15) is 5.26 Å². The van der Waals surface area contributed by atoms with Crippen molar-refractivity contribution in [3.63, 3.8) is 0 Å². The number of fused-ring (bicyclic) bond motifs is 1. The molecule has 2 aliphatic rings. The number of hydrogen-bond donors (Lipinski definition) is 1. The van der Waals surface area contributed by atoms with Crippen LogP contribution in [0.4, 0.5) is 0 Å². The molecular formula is C26H41N3O10Si2. The van der Waals surface area contributed by atoms with Crippen molar-refractivity contribution in [3.8, 4) is 6.07 Å². The number of ether oxygens (including phenoxy) is 3. The van der Waals surface area contributed by atoms with Crippen LogP contribution in [0.25, 0.3) is 0 Å². The maximum Gasteiger partial charge on any atom is 0.418 e. The van der Waals surface area contributed by atoms with Gasteiger partial charge >= 0.3 is 34.8 Å². The predicted molar refractivity (Wildman–Crippen MR) is 150 cm³/mol. The minimum atomic E-state index is -3.35. The van der Waals surface area contributed by atoms with Crippen LogP contribution < -0.4 is 11.2 Å². The van der Waals surface area contributed by atoms with Gasteiger partial charge in [-0.3, -0.25) is 14.3 Å². The molecule has 1 aromatic heterocycles. The summed E-state index contributed by atoms with van der Waals surface area (Å²) >= 11 is 0. The lowest BCUT2D eigenvalue weighted by atomic mass is 9.87. The largest absolute Gasteiger partial charge is 0.461 e.